The Labute approximate surface area is 243 Å². The van der Waals surface area contributed by atoms with E-state index in [1.54, 1.807) is 19.0 Å². The van der Waals surface area contributed by atoms with Gasteiger partial charge in [0.2, 0.25) is 0 Å². The van der Waals surface area contributed by atoms with Crippen molar-refractivity contribution in [3.05, 3.63) is 59.4 Å². The Morgan fingerprint density at radius 3 is 2.73 bits per heavy atom. The van der Waals surface area contributed by atoms with Crippen molar-refractivity contribution in [3.8, 4) is 11.5 Å². The fraction of sp³-hybridized carbons (Fsp3) is 0.581. The van der Waals surface area contributed by atoms with Crippen LogP contribution in [0.4, 0.5) is 5.69 Å². The van der Waals surface area contributed by atoms with Crippen molar-refractivity contribution in [2.75, 3.05) is 52.0 Å². The maximum atomic E-state index is 6.67. The van der Waals surface area contributed by atoms with E-state index in [-0.39, 0.29) is 17.9 Å². The van der Waals surface area contributed by atoms with Crippen LogP contribution >= 0.6 is 0 Å². The third kappa shape index (κ3) is 7.36. The average Bonchev–Trinajstić information content (AvgIpc) is 3.45. The van der Waals surface area contributed by atoms with E-state index in [9.17, 15) is 0 Å². The van der Waals surface area contributed by atoms with Crippen LogP contribution in [-0.2, 0) is 23.1 Å². The molecular formula is C31H44N6O4. The minimum absolute atomic E-state index is 0.0412. The number of aromatic nitrogens is 4. The largest absolute Gasteiger partial charge is 0.497 e. The monoisotopic (exact) mass is 564 g/mol. The molecule has 10 nitrogen and oxygen atoms in total. The fourth-order valence-electron chi connectivity index (χ4n) is 6.03. The Hall–Kier alpha value is -3.21. The number of methoxy groups -OCH3 is 2. The van der Waals surface area contributed by atoms with Crippen molar-refractivity contribution in [1.29, 1.82) is 0 Å². The summed E-state index contributed by atoms with van der Waals surface area (Å²) in [7, 11) is 5.27. The molecule has 0 bridgehead atoms. The average molecular weight is 565 g/mol. The van der Waals surface area contributed by atoms with Crippen LogP contribution in [0.25, 0.3) is 0 Å². The molecule has 2 aliphatic heterocycles. The van der Waals surface area contributed by atoms with E-state index in [1.807, 2.05) is 19.2 Å². The number of anilines is 1. The Kier molecular flexibility index (Phi) is 10.1. The molecule has 1 fully saturated rings. The van der Waals surface area contributed by atoms with Gasteiger partial charge >= 0.3 is 0 Å². The van der Waals surface area contributed by atoms with Crippen molar-refractivity contribution in [2.45, 2.75) is 63.2 Å². The number of ether oxygens (including phenoxy) is 4. The molecule has 1 aromatic heterocycles. The summed E-state index contributed by atoms with van der Waals surface area (Å²) >= 11 is 0. The lowest BCUT2D eigenvalue weighted by Gasteiger charge is -2.38. The molecule has 1 N–H and O–H groups in total. The molecule has 0 radical (unpaired) electrons. The number of benzene rings is 2. The Morgan fingerprint density at radius 1 is 1.15 bits per heavy atom. The molecule has 0 spiro atoms. The van der Waals surface area contributed by atoms with Gasteiger partial charge in [0.15, 0.2) is 5.82 Å². The van der Waals surface area contributed by atoms with Gasteiger partial charge in [-0.3, -0.25) is 0 Å². The summed E-state index contributed by atoms with van der Waals surface area (Å²) in [5, 5.41) is 16.6. The Bertz CT molecular complexity index is 1240. The van der Waals surface area contributed by atoms with Crippen LogP contribution in [0.2, 0.25) is 0 Å². The molecule has 5 rings (SSSR count). The van der Waals surface area contributed by atoms with Gasteiger partial charge in [-0.2, -0.15) is 4.80 Å². The number of hydrogen-bond acceptors (Lipinski definition) is 9. The number of nitrogens with one attached hydrogen (secondary N) is 1. The minimum atomic E-state index is 0.0412. The summed E-state index contributed by atoms with van der Waals surface area (Å²) in [6, 6.07) is 15.2. The summed E-state index contributed by atoms with van der Waals surface area (Å²) in [5.41, 5.74) is 3.57. The maximum Gasteiger partial charge on any atom is 0.177 e. The second-order valence-corrected chi connectivity index (χ2v) is 11.0. The van der Waals surface area contributed by atoms with Crippen LogP contribution in [0, 0.1) is 0 Å². The summed E-state index contributed by atoms with van der Waals surface area (Å²) in [4.78, 5) is 3.94. The molecule has 222 valence electrons. The van der Waals surface area contributed by atoms with Crippen molar-refractivity contribution < 1.29 is 18.9 Å². The summed E-state index contributed by atoms with van der Waals surface area (Å²) in [6.45, 7) is 6.82. The van der Waals surface area contributed by atoms with E-state index in [2.05, 4.69) is 62.9 Å². The van der Waals surface area contributed by atoms with Crippen molar-refractivity contribution in [2.24, 2.45) is 7.05 Å². The lowest BCUT2D eigenvalue weighted by Crippen LogP contribution is -2.47. The lowest BCUT2D eigenvalue weighted by atomic mass is 9.81. The first-order valence-corrected chi connectivity index (χ1v) is 14.8. The highest BCUT2D eigenvalue weighted by molar-refractivity contribution is 5.61. The highest BCUT2D eigenvalue weighted by Gasteiger charge is 2.34. The van der Waals surface area contributed by atoms with Crippen LogP contribution in [0.15, 0.2) is 42.5 Å². The van der Waals surface area contributed by atoms with Crippen molar-refractivity contribution in [3.63, 3.8) is 0 Å². The van der Waals surface area contributed by atoms with Gasteiger partial charge in [0.25, 0.3) is 0 Å². The van der Waals surface area contributed by atoms with E-state index in [1.165, 1.54) is 5.56 Å². The van der Waals surface area contributed by atoms with Gasteiger partial charge in [-0.25, -0.2) is 0 Å². The van der Waals surface area contributed by atoms with Crippen LogP contribution in [0.1, 0.15) is 61.4 Å². The van der Waals surface area contributed by atoms with Gasteiger partial charge in [0, 0.05) is 44.7 Å². The van der Waals surface area contributed by atoms with Gasteiger partial charge < -0.3 is 29.2 Å². The quantitative estimate of drug-likeness (QED) is 0.308. The predicted molar refractivity (Wildman–Crippen MR) is 158 cm³/mol. The summed E-state index contributed by atoms with van der Waals surface area (Å²) in [5.74, 6) is 3.15. The third-order valence-electron chi connectivity index (χ3n) is 8.31. The first kappa shape index (κ1) is 29.3. The number of fused-ring (bicyclic) bond motifs is 1. The molecule has 3 heterocycles. The van der Waals surface area contributed by atoms with Gasteiger partial charge in [-0.1, -0.05) is 25.1 Å². The molecule has 4 atom stereocenters. The van der Waals surface area contributed by atoms with Crippen LogP contribution < -0.4 is 19.7 Å². The summed E-state index contributed by atoms with van der Waals surface area (Å²) in [6.07, 6.45) is 3.94. The van der Waals surface area contributed by atoms with Crippen LogP contribution in [0.3, 0.4) is 0 Å². The highest BCUT2D eigenvalue weighted by atomic mass is 16.5. The molecular weight excluding hydrogens is 520 g/mol. The zero-order valence-electron chi connectivity index (χ0n) is 24.8. The second kappa shape index (κ2) is 14.1. The molecule has 2 aliphatic rings. The molecule has 10 heteroatoms. The second-order valence-electron chi connectivity index (χ2n) is 11.0. The molecule has 1 unspecified atom stereocenters. The molecule has 3 aromatic rings. The fourth-order valence-corrected chi connectivity index (χ4v) is 6.03. The lowest BCUT2D eigenvalue weighted by molar-refractivity contribution is 0.00166. The van der Waals surface area contributed by atoms with E-state index >= 15 is 0 Å². The predicted octanol–water partition coefficient (Wildman–Crippen LogP) is 4.07. The smallest absolute Gasteiger partial charge is 0.177 e. The normalized spacial score (nSPS) is 21.3. The molecule has 0 amide bonds. The number of rotatable bonds is 13. The van der Waals surface area contributed by atoms with Gasteiger partial charge in [-0.15, -0.1) is 10.2 Å². The van der Waals surface area contributed by atoms with Crippen molar-refractivity contribution in [1.82, 2.24) is 25.5 Å². The maximum absolute atomic E-state index is 6.67. The van der Waals surface area contributed by atoms with E-state index in [4.69, 9.17) is 18.9 Å². The van der Waals surface area contributed by atoms with Crippen LogP contribution in [-0.4, -0.2) is 79.4 Å². The minimum Gasteiger partial charge on any atom is -0.497 e. The first-order valence-electron chi connectivity index (χ1n) is 14.8. The van der Waals surface area contributed by atoms with E-state index in [0.717, 1.165) is 80.5 Å². The summed E-state index contributed by atoms with van der Waals surface area (Å²) < 4.78 is 23.3. The van der Waals surface area contributed by atoms with Gasteiger partial charge in [-0.05, 0) is 66.3 Å². The molecule has 1 saturated heterocycles. The number of piperidine rings is 1. The zero-order chi connectivity index (χ0) is 28.6. The zero-order valence-corrected chi connectivity index (χ0v) is 24.8. The van der Waals surface area contributed by atoms with Crippen LogP contribution in [0.5, 0.6) is 11.5 Å². The van der Waals surface area contributed by atoms with Gasteiger partial charge in [0.05, 0.1) is 39.1 Å². The highest BCUT2D eigenvalue weighted by Crippen LogP contribution is 2.36. The number of hydrogen-bond donors (Lipinski definition) is 1. The Morgan fingerprint density at radius 2 is 2.00 bits per heavy atom. The Balaban J connectivity index is 1.28. The van der Waals surface area contributed by atoms with E-state index < -0.39 is 0 Å². The van der Waals surface area contributed by atoms with E-state index in [0.29, 0.717) is 19.3 Å². The third-order valence-corrected chi connectivity index (χ3v) is 8.31. The molecule has 2 aromatic carbocycles. The number of nitrogens with zero attached hydrogens (tertiary/aromatic N) is 5. The van der Waals surface area contributed by atoms with Gasteiger partial charge in [0.1, 0.15) is 18.1 Å². The molecule has 0 saturated carbocycles. The number of tetrazole rings is 1. The molecule has 0 aliphatic carbocycles. The number of aryl methyl sites for hydroxylation is 1. The van der Waals surface area contributed by atoms with Crippen molar-refractivity contribution >= 4 is 5.69 Å². The first-order chi connectivity index (χ1) is 20.1. The SMILES string of the molecule is CCC(C[C@H]1C[C@H](c2ccc(OC)cc2)[C@@H](OCc2ccc3c(c2)N(CCCOC)CCO3)CN1)c1nnn(C)n1. The molecule has 41 heavy (non-hydrogen) atoms. The topological polar surface area (TPSA) is 95.8 Å². The standard InChI is InChI=1S/C31H44N6O4/c1-5-23(31-33-35-36(2)34-31)18-25-19-27(24-8-10-26(39-4)11-9-24)30(20-32-25)41-21-22-7-12-29-28(17-22)37(14-16-40-29)13-6-15-38-3/h7-12,17,23,25,27,30,32H,5-6,13-16,18-21H2,1-4H3/t23?,25-,27+,30-/m0/s1.